The first-order valence-corrected chi connectivity index (χ1v) is 13.8. The summed E-state index contributed by atoms with van der Waals surface area (Å²) in [6.07, 6.45) is 9.33. The van der Waals surface area contributed by atoms with Crippen LogP contribution in [-0.4, -0.2) is 29.1 Å². The normalized spacial score (nSPS) is 57.5. The number of ether oxygens (including phenoxy) is 1. The Balaban J connectivity index is 1.48. The van der Waals surface area contributed by atoms with Gasteiger partial charge in [0, 0.05) is 17.8 Å². The average molecular weight is 469 g/mol. The van der Waals surface area contributed by atoms with Gasteiger partial charge in [-0.15, -0.1) is 0 Å². The Labute approximate surface area is 205 Å². The molecule has 34 heavy (non-hydrogen) atoms. The number of rotatable bonds is 0. The van der Waals surface area contributed by atoms with Gasteiger partial charge in [0.1, 0.15) is 6.10 Å². The second-order valence-corrected chi connectivity index (χ2v) is 15.1. The molecule has 0 unspecified atom stereocenters. The van der Waals surface area contributed by atoms with Gasteiger partial charge in [0.25, 0.3) is 0 Å². The summed E-state index contributed by atoms with van der Waals surface area (Å²) >= 11 is 0. The molecular formula is C30H44O4. The molecular weight excluding hydrogens is 424 g/mol. The summed E-state index contributed by atoms with van der Waals surface area (Å²) in [5.41, 5.74) is 0.452. The summed E-state index contributed by atoms with van der Waals surface area (Å²) in [7, 11) is 0. The third-order valence-electron chi connectivity index (χ3n) is 13.3. The molecule has 0 spiro atoms. The highest BCUT2D eigenvalue weighted by Gasteiger charge is 2.72. The molecule has 4 heteroatoms. The van der Waals surface area contributed by atoms with Gasteiger partial charge in [-0.05, 0) is 91.4 Å². The number of aliphatic hydroxyl groups is 1. The van der Waals surface area contributed by atoms with Crippen LogP contribution in [0.1, 0.15) is 99.8 Å². The van der Waals surface area contributed by atoms with Crippen molar-refractivity contribution < 1.29 is 19.4 Å². The zero-order valence-electron chi connectivity index (χ0n) is 22.3. The molecule has 1 saturated heterocycles. The first-order valence-electron chi connectivity index (χ1n) is 13.8. The Morgan fingerprint density at radius 3 is 2.29 bits per heavy atom. The number of ketones is 1. The van der Waals surface area contributed by atoms with Gasteiger partial charge in [-0.25, -0.2) is 0 Å². The summed E-state index contributed by atoms with van der Waals surface area (Å²) in [6.45, 7) is 16.1. The van der Waals surface area contributed by atoms with Gasteiger partial charge in [-0.3, -0.25) is 9.59 Å². The number of fused-ring (bicyclic) bond motifs is 10. The second kappa shape index (κ2) is 6.39. The van der Waals surface area contributed by atoms with Crippen molar-refractivity contribution >= 4 is 11.8 Å². The molecule has 188 valence electrons. The van der Waals surface area contributed by atoms with E-state index in [0.29, 0.717) is 11.7 Å². The van der Waals surface area contributed by atoms with E-state index in [1.54, 1.807) is 0 Å². The van der Waals surface area contributed by atoms with Crippen LogP contribution in [0, 0.1) is 50.2 Å². The molecule has 2 bridgehead atoms. The molecule has 5 fully saturated rings. The van der Waals surface area contributed by atoms with E-state index in [9.17, 15) is 14.7 Å². The Morgan fingerprint density at radius 1 is 0.882 bits per heavy atom. The van der Waals surface area contributed by atoms with Crippen LogP contribution in [0.2, 0.25) is 0 Å². The Kier molecular flexibility index (Phi) is 4.37. The molecule has 5 aliphatic carbocycles. The van der Waals surface area contributed by atoms with Crippen molar-refractivity contribution in [3.05, 3.63) is 11.6 Å². The average Bonchev–Trinajstić information content (AvgIpc) is 3.00. The number of carbonyl (C=O) groups is 2. The van der Waals surface area contributed by atoms with E-state index in [4.69, 9.17) is 4.74 Å². The van der Waals surface area contributed by atoms with E-state index in [-0.39, 0.29) is 57.1 Å². The predicted molar refractivity (Wildman–Crippen MR) is 131 cm³/mol. The van der Waals surface area contributed by atoms with Crippen LogP contribution in [0.15, 0.2) is 11.6 Å². The number of esters is 1. The lowest BCUT2D eigenvalue weighted by Crippen LogP contribution is -2.67. The summed E-state index contributed by atoms with van der Waals surface area (Å²) in [5, 5.41) is 10.9. The Hall–Kier alpha value is -1.16. The highest BCUT2D eigenvalue weighted by Crippen LogP contribution is 2.75. The lowest BCUT2D eigenvalue weighted by atomic mass is 9.33. The van der Waals surface area contributed by atoms with Crippen LogP contribution in [0.5, 0.6) is 0 Å². The molecule has 0 aromatic heterocycles. The van der Waals surface area contributed by atoms with Gasteiger partial charge in [0.05, 0.1) is 11.5 Å². The molecule has 0 aromatic rings. The zero-order valence-corrected chi connectivity index (χ0v) is 22.3. The standard InChI is InChI=1S/C30H44O4/c1-25(2)20-8-11-30(7)23(28(20,5)10-9-21(25)32)19(31)14-17-18-15-26(3)16-22(34-24(26)33)27(18,4)12-13-29(17,30)6/h14,18,20-23,32H,8-13,15-16H2,1-7H3/t18-,20+,21-,22+,23+,26+,27+,28-,29+,30+/m0/s1. The van der Waals surface area contributed by atoms with Gasteiger partial charge in [0.15, 0.2) is 5.78 Å². The van der Waals surface area contributed by atoms with Crippen LogP contribution in [-0.2, 0) is 14.3 Å². The molecule has 0 radical (unpaired) electrons. The van der Waals surface area contributed by atoms with E-state index >= 15 is 0 Å². The van der Waals surface area contributed by atoms with Gasteiger partial charge >= 0.3 is 5.97 Å². The van der Waals surface area contributed by atoms with Crippen LogP contribution >= 0.6 is 0 Å². The van der Waals surface area contributed by atoms with Crippen LogP contribution in [0.3, 0.4) is 0 Å². The molecule has 1 heterocycles. The number of allylic oxidation sites excluding steroid dienone is 2. The van der Waals surface area contributed by atoms with E-state index < -0.39 is 5.41 Å². The number of carbonyl (C=O) groups excluding carboxylic acids is 2. The van der Waals surface area contributed by atoms with Gasteiger partial charge in [-0.1, -0.05) is 47.1 Å². The fraction of sp³-hybridized carbons (Fsp3) is 0.867. The minimum atomic E-state index is -0.415. The topological polar surface area (TPSA) is 63.6 Å². The SMILES string of the molecule is CC1(C)[C@H]2CC[C@]3(C)[C@H](C(=O)C=C4[C@@H]5C[C@]6(C)C[C@@H](OC6=O)[C@]5(C)CC[C@]43C)[C@@]2(C)CC[C@@H]1O. The summed E-state index contributed by atoms with van der Waals surface area (Å²) in [4.78, 5) is 27.1. The van der Waals surface area contributed by atoms with Gasteiger partial charge in [-0.2, -0.15) is 0 Å². The predicted octanol–water partition coefficient (Wildman–Crippen LogP) is 5.86. The van der Waals surface area contributed by atoms with E-state index in [1.807, 2.05) is 0 Å². The first-order chi connectivity index (χ1) is 15.6. The van der Waals surface area contributed by atoms with Crippen molar-refractivity contribution in [3.63, 3.8) is 0 Å². The van der Waals surface area contributed by atoms with Crippen LogP contribution < -0.4 is 0 Å². The van der Waals surface area contributed by atoms with Crippen LogP contribution in [0.4, 0.5) is 0 Å². The van der Waals surface area contributed by atoms with Gasteiger partial charge in [0.2, 0.25) is 0 Å². The van der Waals surface area contributed by atoms with Crippen molar-refractivity contribution in [2.75, 3.05) is 0 Å². The fourth-order valence-electron chi connectivity index (χ4n) is 10.9. The van der Waals surface area contributed by atoms with E-state index in [0.717, 1.165) is 51.4 Å². The summed E-state index contributed by atoms with van der Waals surface area (Å²) in [5.74, 6) is 0.871. The highest BCUT2D eigenvalue weighted by molar-refractivity contribution is 5.95. The van der Waals surface area contributed by atoms with Gasteiger partial charge < -0.3 is 9.84 Å². The minimum absolute atomic E-state index is 0.00240. The van der Waals surface area contributed by atoms with E-state index in [1.165, 1.54) is 5.57 Å². The first kappa shape index (κ1) is 23.3. The van der Waals surface area contributed by atoms with Crippen molar-refractivity contribution in [2.24, 2.45) is 50.2 Å². The molecule has 0 amide bonds. The Morgan fingerprint density at radius 2 is 1.59 bits per heavy atom. The smallest absolute Gasteiger partial charge is 0.312 e. The van der Waals surface area contributed by atoms with Crippen molar-refractivity contribution in [1.29, 1.82) is 0 Å². The summed E-state index contributed by atoms with van der Waals surface area (Å²) < 4.78 is 5.98. The van der Waals surface area contributed by atoms with Crippen molar-refractivity contribution in [2.45, 2.75) is 112 Å². The second-order valence-electron chi connectivity index (χ2n) is 15.1. The van der Waals surface area contributed by atoms with Crippen molar-refractivity contribution in [3.8, 4) is 0 Å². The van der Waals surface area contributed by atoms with E-state index in [2.05, 4.69) is 54.5 Å². The monoisotopic (exact) mass is 468 g/mol. The maximum Gasteiger partial charge on any atom is 0.312 e. The minimum Gasteiger partial charge on any atom is -0.461 e. The molecule has 4 saturated carbocycles. The molecule has 6 rings (SSSR count). The Bertz CT molecular complexity index is 1010. The molecule has 6 aliphatic rings. The highest BCUT2D eigenvalue weighted by atomic mass is 16.6. The summed E-state index contributed by atoms with van der Waals surface area (Å²) in [6, 6.07) is 0. The zero-order chi connectivity index (χ0) is 24.7. The van der Waals surface area contributed by atoms with Crippen molar-refractivity contribution in [1.82, 2.24) is 0 Å². The molecule has 10 atom stereocenters. The maximum atomic E-state index is 14.2. The molecule has 4 nitrogen and oxygen atoms in total. The van der Waals surface area contributed by atoms with Crippen LogP contribution in [0.25, 0.3) is 0 Å². The number of hydrogen-bond donors (Lipinski definition) is 1. The number of aliphatic hydroxyl groups excluding tert-OH is 1. The quantitative estimate of drug-likeness (QED) is 0.452. The fourth-order valence-corrected chi connectivity index (χ4v) is 10.9. The molecule has 0 aromatic carbocycles. The molecule has 1 N–H and O–H groups in total. The number of hydrogen-bond acceptors (Lipinski definition) is 4. The maximum absolute atomic E-state index is 14.2. The largest absolute Gasteiger partial charge is 0.461 e. The third-order valence-corrected chi connectivity index (χ3v) is 13.3. The lowest BCUT2D eigenvalue weighted by Gasteiger charge is -2.70. The lowest BCUT2D eigenvalue weighted by molar-refractivity contribution is -0.203. The molecule has 1 aliphatic heterocycles. The third kappa shape index (κ3) is 2.41.